The molecule has 1 aromatic carbocycles. The van der Waals surface area contributed by atoms with Crippen LogP contribution in [-0.4, -0.2) is 43.1 Å². The number of likely N-dealkylation sites (N-methyl/N-ethyl adjacent to an activating group) is 1. The first-order valence-corrected chi connectivity index (χ1v) is 7.97. The predicted octanol–water partition coefficient (Wildman–Crippen LogP) is 0.846. The number of halogens is 1. The van der Waals surface area contributed by atoms with Gasteiger partial charge in [-0.3, -0.25) is 9.59 Å². The van der Waals surface area contributed by atoms with E-state index in [1.807, 2.05) is 0 Å². The lowest BCUT2D eigenvalue weighted by Gasteiger charge is -2.70. The molecule has 23 heavy (non-hydrogen) atoms. The summed E-state index contributed by atoms with van der Waals surface area (Å²) in [6.07, 6.45) is 2.59. The Morgan fingerprint density at radius 3 is 2.39 bits per heavy atom. The largest absolute Gasteiger partial charge is 0.484 e. The molecule has 124 valence electrons. The second-order valence-corrected chi connectivity index (χ2v) is 6.84. The Labute approximate surface area is 139 Å². The first kappa shape index (κ1) is 16.1. The molecule has 0 aromatic heterocycles. The molecule has 0 saturated heterocycles. The van der Waals surface area contributed by atoms with Crippen molar-refractivity contribution in [3.05, 3.63) is 29.3 Å². The summed E-state index contributed by atoms with van der Waals surface area (Å²) in [6.45, 7) is 0.308. The van der Waals surface area contributed by atoms with Crippen LogP contribution in [0.15, 0.2) is 24.3 Å². The highest BCUT2D eigenvalue weighted by atomic mass is 35.5. The molecule has 0 unspecified atom stereocenters. The van der Waals surface area contributed by atoms with Gasteiger partial charge in [-0.15, -0.1) is 0 Å². The minimum atomic E-state index is -0.125. The Morgan fingerprint density at radius 2 is 1.78 bits per heavy atom. The minimum absolute atomic E-state index is 0.0119. The summed E-state index contributed by atoms with van der Waals surface area (Å²) >= 11 is 5.79. The van der Waals surface area contributed by atoms with Crippen LogP contribution in [-0.2, 0) is 9.59 Å². The fraction of sp³-hybridized carbons (Fsp3) is 0.500. The maximum absolute atomic E-state index is 12.0. The lowest BCUT2D eigenvalue weighted by Crippen LogP contribution is -2.83. The van der Waals surface area contributed by atoms with Crippen LogP contribution < -0.4 is 20.7 Å². The number of ether oxygens (including phenoxy) is 1. The van der Waals surface area contributed by atoms with Gasteiger partial charge in [0.1, 0.15) is 5.75 Å². The summed E-state index contributed by atoms with van der Waals surface area (Å²) in [5.41, 5.74) is -0.0903. The molecule has 0 aliphatic heterocycles. The number of benzene rings is 1. The minimum Gasteiger partial charge on any atom is -0.484 e. The maximum atomic E-state index is 12.0. The Bertz CT molecular complexity index is 598. The lowest BCUT2D eigenvalue weighted by atomic mass is 9.44. The molecular formula is C16H20ClN3O3. The number of carbonyl (C=O) groups excluding carboxylic acids is 2. The van der Waals surface area contributed by atoms with Crippen molar-refractivity contribution in [3.63, 3.8) is 0 Å². The first-order chi connectivity index (χ1) is 10.9. The molecule has 0 atom stereocenters. The molecule has 3 aliphatic carbocycles. The van der Waals surface area contributed by atoms with Crippen molar-refractivity contribution < 1.29 is 14.3 Å². The highest BCUT2D eigenvalue weighted by molar-refractivity contribution is 6.30. The van der Waals surface area contributed by atoms with E-state index in [0.29, 0.717) is 17.3 Å². The fourth-order valence-electron chi connectivity index (χ4n) is 3.48. The van der Waals surface area contributed by atoms with E-state index in [1.54, 1.807) is 31.3 Å². The number of hydrogen-bond acceptors (Lipinski definition) is 4. The van der Waals surface area contributed by atoms with Crippen molar-refractivity contribution in [2.45, 2.75) is 30.3 Å². The third-order valence-electron chi connectivity index (χ3n) is 4.52. The summed E-state index contributed by atoms with van der Waals surface area (Å²) in [5, 5.41) is 9.52. The van der Waals surface area contributed by atoms with Crippen LogP contribution in [0.4, 0.5) is 0 Å². The molecule has 2 bridgehead atoms. The normalized spacial score (nSPS) is 27.4. The van der Waals surface area contributed by atoms with E-state index >= 15 is 0 Å². The number of carbonyl (C=O) groups is 2. The summed E-state index contributed by atoms with van der Waals surface area (Å²) in [4.78, 5) is 23.2. The van der Waals surface area contributed by atoms with Gasteiger partial charge in [0, 0.05) is 23.1 Å². The Kier molecular flexibility index (Phi) is 4.21. The van der Waals surface area contributed by atoms with Crippen molar-refractivity contribution in [1.29, 1.82) is 0 Å². The van der Waals surface area contributed by atoms with E-state index in [-0.39, 0.29) is 29.5 Å². The highest BCUT2D eigenvalue weighted by Crippen LogP contribution is 2.60. The summed E-state index contributed by atoms with van der Waals surface area (Å²) in [7, 11) is 1.62. The Hall–Kier alpha value is -1.79. The van der Waals surface area contributed by atoms with Gasteiger partial charge in [-0.05, 0) is 43.5 Å². The second-order valence-electron chi connectivity index (χ2n) is 6.41. The van der Waals surface area contributed by atoms with E-state index in [2.05, 4.69) is 16.0 Å². The number of amides is 2. The predicted molar refractivity (Wildman–Crippen MR) is 86.5 cm³/mol. The number of hydrogen-bond donors (Lipinski definition) is 3. The van der Waals surface area contributed by atoms with Gasteiger partial charge in [-0.1, -0.05) is 11.6 Å². The zero-order valence-corrected chi connectivity index (χ0v) is 13.7. The average Bonchev–Trinajstić information content (AvgIpc) is 2.47. The van der Waals surface area contributed by atoms with Crippen molar-refractivity contribution >= 4 is 23.4 Å². The summed E-state index contributed by atoms with van der Waals surface area (Å²) < 4.78 is 5.43. The molecule has 4 rings (SSSR count). The van der Waals surface area contributed by atoms with Crippen molar-refractivity contribution in [2.24, 2.45) is 0 Å². The molecule has 3 N–H and O–H groups in total. The van der Waals surface area contributed by atoms with E-state index < -0.39 is 0 Å². The summed E-state index contributed by atoms with van der Waals surface area (Å²) in [6, 6.07) is 6.90. The Balaban J connectivity index is 1.38. The molecular weight excluding hydrogens is 318 g/mol. The second kappa shape index (κ2) is 6.02. The van der Waals surface area contributed by atoms with Gasteiger partial charge in [0.25, 0.3) is 5.91 Å². The van der Waals surface area contributed by atoms with Gasteiger partial charge in [-0.25, -0.2) is 0 Å². The zero-order valence-electron chi connectivity index (χ0n) is 12.9. The van der Waals surface area contributed by atoms with Crippen LogP contribution in [0, 0.1) is 0 Å². The van der Waals surface area contributed by atoms with Gasteiger partial charge in [0.2, 0.25) is 5.91 Å². The third-order valence-corrected chi connectivity index (χ3v) is 4.77. The number of nitrogens with one attached hydrogen (secondary N) is 3. The first-order valence-electron chi connectivity index (χ1n) is 7.59. The van der Waals surface area contributed by atoms with Crippen LogP contribution in [0.1, 0.15) is 19.3 Å². The van der Waals surface area contributed by atoms with Crippen LogP contribution in [0.25, 0.3) is 0 Å². The van der Waals surface area contributed by atoms with E-state index in [4.69, 9.17) is 16.3 Å². The third kappa shape index (κ3) is 3.43. The average molecular weight is 338 g/mol. The molecule has 0 spiro atoms. The molecule has 3 saturated carbocycles. The molecule has 7 heteroatoms. The van der Waals surface area contributed by atoms with Crippen molar-refractivity contribution in [3.8, 4) is 5.75 Å². The molecule has 0 heterocycles. The standard InChI is InChI=1S/C16H20ClN3O3/c1-18-13(21)6-19-15-8-16(9-15,10-15)20-14(22)7-23-12-4-2-11(17)3-5-12/h2-5,19H,6-10H2,1H3,(H,18,21)(H,20,22). The van der Waals surface area contributed by atoms with Gasteiger partial charge in [-0.2, -0.15) is 0 Å². The quantitative estimate of drug-likeness (QED) is 0.689. The van der Waals surface area contributed by atoms with E-state index in [9.17, 15) is 9.59 Å². The monoisotopic (exact) mass is 337 g/mol. The van der Waals surface area contributed by atoms with Crippen LogP contribution in [0.2, 0.25) is 5.02 Å². The molecule has 1 aromatic rings. The van der Waals surface area contributed by atoms with Crippen molar-refractivity contribution in [2.75, 3.05) is 20.2 Å². The fourth-order valence-corrected chi connectivity index (χ4v) is 3.60. The topological polar surface area (TPSA) is 79.5 Å². The smallest absolute Gasteiger partial charge is 0.258 e. The zero-order chi connectivity index (χ0) is 16.5. The van der Waals surface area contributed by atoms with Crippen LogP contribution in [0.5, 0.6) is 5.75 Å². The summed E-state index contributed by atoms with van der Waals surface area (Å²) in [5.74, 6) is 0.467. The SMILES string of the molecule is CNC(=O)CNC12CC(NC(=O)COc3ccc(Cl)cc3)(C1)C2. The number of rotatable bonds is 7. The molecule has 3 aliphatic rings. The molecule has 3 fully saturated rings. The highest BCUT2D eigenvalue weighted by Gasteiger charge is 2.68. The van der Waals surface area contributed by atoms with Gasteiger partial charge in [0.05, 0.1) is 6.54 Å². The lowest BCUT2D eigenvalue weighted by molar-refractivity contribution is -0.145. The molecule has 0 radical (unpaired) electrons. The molecule has 6 nitrogen and oxygen atoms in total. The van der Waals surface area contributed by atoms with Gasteiger partial charge in [0.15, 0.2) is 6.61 Å². The Morgan fingerprint density at radius 1 is 1.13 bits per heavy atom. The van der Waals surface area contributed by atoms with Gasteiger partial charge >= 0.3 is 0 Å². The van der Waals surface area contributed by atoms with E-state index in [1.165, 1.54) is 0 Å². The maximum Gasteiger partial charge on any atom is 0.258 e. The van der Waals surface area contributed by atoms with Crippen LogP contribution in [0.3, 0.4) is 0 Å². The van der Waals surface area contributed by atoms with Crippen LogP contribution >= 0.6 is 11.6 Å². The van der Waals surface area contributed by atoms with E-state index in [0.717, 1.165) is 19.3 Å². The molecule has 2 amide bonds. The van der Waals surface area contributed by atoms with Gasteiger partial charge < -0.3 is 20.7 Å². The van der Waals surface area contributed by atoms with Crippen molar-refractivity contribution in [1.82, 2.24) is 16.0 Å².